The first kappa shape index (κ1) is 20.8. The summed E-state index contributed by atoms with van der Waals surface area (Å²) in [4.78, 5) is 16.6. The van der Waals surface area contributed by atoms with Gasteiger partial charge in [0.15, 0.2) is 5.11 Å². The molecule has 0 amide bonds. The van der Waals surface area contributed by atoms with Gasteiger partial charge in [0.2, 0.25) is 0 Å². The summed E-state index contributed by atoms with van der Waals surface area (Å²) in [6.07, 6.45) is 0. The number of piperazine rings is 1. The van der Waals surface area contributed by atoms with Crippen molar-refractivity contribution in [3.05, 3.63) is 58.2 Å². The molecule has 0 aliphatic carbocycles. The van der Waals surface area contributed by atoms with Crippen LogP contribution < -0.4 is 10.2 Å². The van der Waals surface area contributed by atoms with Crippen molar-refractivity contribution in [1.29, 1.82) is 0 Å². The van der Waals surface area contributed by atoms with Gasteiger partial charge in [-0.05, 0) is 54.7 Å². The van der Waals surface area contributed by atoms with Crippen molar-refractivity contribution in [3.63, 3.8) is 0 Å². The molecule has 1 saturated heterocycles. The van der Waals surface area contributed by atoms with Crippen molar-refractivity contribution in [2.45, 2.75) is 0 Å². The Morgan fingerprint density at radius 2 is 1.87 bits per heavy atom. The van der Waals surface area contributed by atoms with Crippen molar-refractivity contribution in [2.24, 2.45) is 0 Å². The topological polar surface area (TPSA) is 44.8 Å². The minimum atomic E-state index is -0.440. The molecule has 156 valence electrons. The normalized spacial score (nSPS) is 14.1. The van der Waals surface area contributed by atoms with E-state index in [1.165, 1.54) is 30.6 Å². The molecule has 0 atom stereocenters. The first-order valence-corrected chi connectivity index (χ1v) is 10.9. The average molecular weight is 464 g/mol. The molecular formula is C21H19ClFN3O2S2. The predicted octanol–water partition coefficient (Wildman–Crippen LogP) is 5.00. The molecule has 3 aromatic rings. The van der Waals surface area contributed by atoms with E-state index in [2.05, 4.69) is 15.1 Å². The Balaban J connectivity index is 1.41. The van der Waals surface area contributed by atoms with Crippen LogP contribution in [0.4, 0.5) is 15.8 Å². The van der Waals surface area contributed by atoms with Crippen molar-refractivity contribution >= 4 is 67.7 Å². The second-order valence-electron chi connectivity index (χ2n) is 6.83. The summed E-state index contributed by atoms with van der Waals surface area (Å²) < 4.78 is 18.8. The molecule has 0 radical (unpaired) electrons. The predicted molar refractivity (Wildman–Crippen MR) is 125 cm³/mol. The van der Waals surface area contributed by atoms with Crippen molar-refractivity contribution in [1.82, 2.24) is 4.90 Å². The number of halogens is 2. The van der Waals surface area contributed by atoms with Gasteiger partial charge in [0.1, 0.15) is 10.7 Å². The number of thiophene rings is 1. The lowest BCUT2D eigenvalue weighted by Crippen LogP contribution is -2.50. The summed E-state index contributed by atoms with van der Waals surface area (Å²) in [6.45, 7) is 3.14. The number of nitrogens with zero attached hydrogens (tertiary/aromatic N) is 2. The van der Waals surface area contributed by atoms with Crippen LogP contribution in [0.15, 0.2) is 42.5 Å². The zero-order chi connectivity index (χ0) is 21.3. The molecule has 2 heterocycles. The third kappa shape index (κ3) is 4.21. The zero-order valence-corrected chi connectivity index (χ0v) is 18.5. The standard InChI is InChI=1S/C21H19ClFN3O2S2/c1-28-20(27)19-18(22)16-7-4-14(12-17(16)30-19)24-21(29)26-10-8-25(9-11-26)15-5-2-13(23)3-6-15/h2-7,12H,8-11H2,1H3,(H,24,29). The van der Waals surface area contributed by atoms with Gasteiger partial charge in [-0.2, -0.15) is 0 Å². The maximum absolute atomic E-state index is 13.1. The van der Waals surface area contributed by atoms with Gasteiger partial charge in [0.05, 0.1) is 12.1 Å². The van der Waals surface area contributed by atoms with Gasteiger partial charge in [-0.3, -0.25) is 0 Å². The molecule has 1 fully saturated rings. The lowest BCUT2D eigenvalue weighted by molar-refractivity contribution is 0.0606. The Bertz CT molecular complexity index is 1100. The number of thiocarbonyl (C=S) groups is 1. The van der Waals surface area contributed by atoms with E-state index in [4.69, 9.17) is 28.6 Å². The van der Waals surface area contributed by atoms with Crippen LogP contribution in [0, 0.1) is 5.82 Å². The molecule has 0 bridgehead atoms. The molecule has 1 aliphatic rings. The first-order chi connectivity index (χ1) is 14.5. The summed E-state index contributed by atoms with van der Waals surface area (Å²) in [5, 5.41) is 5.14. The fraction of sp³-hybridized carbons (Fsp3) is 0.238. The number of carbonyl (C=O) groups excluding carboxylic acids is 1. The molecule has 9 heteroatoms. The van der Waals surface area contributed by atoms with Gasteiger partial charge in [-0.25, -0.2) is 9.18 Å². The van der Waals surface area contributed by atoms with E-state index in [0.717, 1.165) is 47.6 Å². The lowest BCUT2D eigenvalue weighted by atomic mass is 10.2. The SMILES string of the molecule is COC(=O)c1sc2cc(NC(=S)N3CCN(c4ccc(F)cc4)CC3)ccc2c1Cl. The van der Waals surface area contributed by atoms with Gasteiger partial charge in [0.25, 0.3) is 0 Å². The van der Waals surface area contributed by atoms with E-state index in [0.29, 0.717) is 15.0 Å². The second-order valence-corrected chi connectivity index (χ2v) is 8.65. The highest BCUT2D eigenvalue weighted by molar-refractivity contribution is 7.80. The van der Waals surface area contributed by atoms with Gasteiger partial charge >= 0.3 is 5.97 Å². The second kappa shape index (κ2) is 8.75. The van der Waals surface area contributed by atoms with Crippen LogP contribution in [0.3, 0.4) is 0 Å². The molecule has 0 unspecified atom stereocenters. The third-order valence-electron chi connectivity index (χ3n) is 5.01. The molecular weight excluding hydrogens is 445 g/mol. The highest BCUT2D eigenvalue weighted by Crippen LogP contribution is 2.37. The number of hydrogen-bond donors (Lipinski definition) is 1. The fourth-order valence-electron chi connectivity index (χ4n) is 3.39. The maximum atomic E-state index is 13.1. The number of nitrogens with one attached hydrogen (secondary N) is 1. The third-order valence-corrected chi connectivity index (χ3v) is 7.01. The zero-order valence-electron chi connectivity index (χ0n) is 16.2. The van der Waals surface area contributed by atoms with E-state index in [1.807, 2.05) is 18.2 Å². The van der Waals surface area contributed by atoms with E-state index in [9.17, 15) is 9.18 Å². The maximum Gasteiger partial charge on any atom is 0.349 e. The average Bonchev–Trinajstić information content (AvgIpc) is 3.09. The number of esters is 1. The van der Waals surface area contributed by atoms with E-state index < -0.39 is 5.97 Å². The molecule has 0 spiro atoms. The minimum Gasteiger partial charge on any atom is -0.465 e. The van der Waals surface area contributed by atoms with Crippen LogP contribution in [0.5, 0.6) is 0 Å². The molecule has 2 aromatic carbocycles. The van der Waals surface area contributed by atoms with Gasteiger partial charge in [-0.1, -0.05) is 11.6 Å². The summed E-state index contributed by atoms with van der Waals surface area (Å²) in [7, 11) is 1.34. The van der Waals surface area contributed by atoms with Crippen LogP contribution in [0.1, 0.15) is 9.67 Å². The van der Waals surface area contributed by atoms with Crippen LogP contribution in [0.25, 0.3) is 10.1 Å². The van der Waals surface area contributed by atoms with E-state index >= 15 is 0 Å². The largest absolute Gasteiger partial charge is 0.465 e. The summed E-state index contributed by atoms with van der Waals surface area (Å²) >= 11 is 13.2. The summed E-state index contributed by atoms with van der Waals surface area (Å²) in [5.74, 6) is -0.671. The monoisotopic (exact) mass is 463 g/mol. The van der Waals surface area contributed by atoms with Crippen molar-refractivity contribution < 1.29 is 13.9 Å². The van der Waals surface area contributed by atoms with E-state index in [-0.39, 0.29) is 5.82 Å². The lowest BCUT2D eigenvalue weighted by Gasteiger charge is -2.37. The number of benzene rings is 2. The first-order valence-electron chi connectivity index (χ1n) is 9.33. The van der Waals surface area contributed by atoms with Crippen LogP contribution >= 0.6 is 35.2 Å². The Morgan fingerprint density at radius 3 is 2.53 bits per heavy atom. The van der Waals surface area contributed by atoms with E-state index in [1.54, 1.807) is 12.1 Å². The van der Waals surface area contributed by atoms with Crippen LogP contribution in [0.2, 0.25) is 5.02 Å². The smallest absolute Gasteiger partial charge is 0.349 e. The summed E-state index contributed by atoms with van der Waals surface area (Å²) in [5.41, 5.74) is 1.85. The number of hydrogen-bond acceptors (Lipinski definition) is 5. The van der Waals surface area contributed by atoms with Gasteiger partial charge in [0, 0.05) is 47.6 Å². The van der Waals surface area contributed by atoms with Crippen molar-refractivity contribution in [2.75, 3.05) is 43.5 Å². The molecule has 0 saturated carbocycles. The number of fused-ring (bicyclic) bond motifs is 1. The molecule has 5 nitrogen and oxygen atoms in total. The number of ether oxygens (including phenoxy) is 1. The number of carbonyl (C=O) groups is 1. The molecule has 30 heavy (non-hydrogen) atoms. The quantitative estimate of drug-likeness (QED) is 0.435. The summed E-state index contributed by atoms with van der Waals surface area (Å²) in [6, 6.07) is 12.2. The molecule has 4 rings (SSSR count). The highest BCUT2D eigenvalue weighted by atomic mass is 35.5. The molecule has 1 N–H and O–H groups in total. The van der Waals surface area contributed by atoms with Crippen LogP contribution in [-0.2, 0) is 4.74 Å². The Morgan fingerprint density at radius 1 is 1.17 bits per heavy atom. The van der Waals surface area contributed by atoms with Crippen molar-refractivity contribution in [3.8, 4) is 0 Å². The Hall–Kier alpha value is -2.42. The Kier molecular flexibility index (Phi) is 6.08. The van der Waals surface area contributed by atoms with Crippen LogP contribution in [-0.4, -0.2) is 49.3 Å². The number of methoxy groups -OCH3 is 1. The molecule has 1 aromatic heterocycles. The van der Waals surface area contributed by atoms with Gasteiger partial charge < -0.3 is 19.9 Å². The highest BCUT2D eigenvalue weighted by Gasteiger charge is 2.21. The minimum absolute atomic E-state index is 0.231. The fourth-order valence-corrected chi connectivity index (χ4v) is 5.16. The Labute approximate surface area is 188 Å². The number of rotatable bonds is 3. The molecule has 1 aliphatic heterocycles. The van der Waals surface area contributed by atoms with Gasteiger partial charge in [-0.15, -0.1) is 11.3 Å². The number of anilines is 2.